The van der Waals surface area contributed by atoms with Crippen LogP contribution in [-0.2, 0) is 14.3 Å². The summed E-state index contributed by atoms with van der Waals surface area (Å²) in [6.45, 7) is 1.60. The third-order valence-corrected chi connectivity index (χ3v) is 5.30. The number of rotatable bonds is 8. The molecule has 0 unspecified atom stereocenters. The fraction of sp³-hybridized carbons (Fsp3) is 0.389. The Labute approximate surface area is 168 Å². The van der Waals surface area contributed by atoms with E-state index in [9.17, 15) is 9.59 Å². The van der Waals surface area contributed by atoms with Crippen molar-refractivity contribution >= 4 is 57.9 Å². The summed E-state index contributed by atoms with van der Waals surface area (Å²) in [5.41, 5.74) is 0.890. The number of hydrogen-bond donors (Lipinski definition) is 1. The van der Waals surface area contributed by atoms with Gasteiger partial charge in [0.1, 0.15) is 17.5 Å². The van der Waals surface area contributed by atoms with Gasteiger partial charge in [0.15, 0.2) is 0 Å². The molecule has 26 heavy (non-hydrogen) atoms. The maximum atomic E-state index is 12.5. The molecule has 5 nitrogen and oxygen atoms in total. The molecule has 0 aromatic heterocycles. The molecule has 1 fully saturated rings. The Morgan fingerprint density at radius 2 is 2.04 bits per heavy atom. The molecule has 1 amide bonds. The number of amides is 1. The van der Waals surface area contributed by atoms with Gasteiger partial charge in [-0.05, 0) is 30.2 Å². The Kier molecular flexibility index (Phi) is 8.09. The molecular weight excluding hydrogens is 392 g/mol. The van der Waals surface area contributed by atoms with Crippen molar-refractivity contribution in [3.63, 3.8) is 0 Å². The van der Waals surface area contributed by atoms with Crippen molar-refractivity contribution in [1.29, 1.82) is 0 Å². The summed E-state index contributed by atoms with van der Waals surface area (Å²) < 4.78 is 5.67. The van der Waals surface area contributed by atoms with Crippen LogP contribution in [0.4, 0.5) is 0 Å². The summed E-state index contributed by atoms with van der Waals surface area (Å²) in [6, 6.07) is 7.25. The highest BCUT2D eigenvalue weighted by Gasteiger charge is 2.31. The van der Waals surface area contributed by atoms with Crippen LogP contribution < -0.4 is 4.90 Å². The van der Waals surface area contributed by atoms with Gasteiger partial charge >= 0.3 is 5.97 Å². The van der Waals surface area contributed by atoms with Crippen LogP contribution in [0.15, 0.2) is 29.2 Å². The molecule has 0 bridgehead atoms. The van der Waals surface area contributed by atoms with Crippen molar-refractivity contribution in [3.8, 4) is 0 Å². The zero-order valence-corrected chi connectivity index (χ0v) is 17.2. The van der Waals surface area contributed by atoms with Crippen molar-refractivity contribution in [1.82, 2.24) is 4.90 Å². The molecule has 2 rings (SSSR count). The largest absolute Gasteiger partial charge is 0.460 e. The zero-order valence-electron chi connectivity index (χ0n) is 14.8. The first kappa shape index (κ1) is 20.9. The van der Waals surface area contributed by atoms with Crippen molar-refractivity contribution < 1.29 is 19.2 Å². The Bertz CT molecular complexity index is 705. The van der Waals surface area contributed by atoms with Crippen LogP contribution in [0.25, 0.3) is 6.08 Å². The lowest BCUT2D eigenvalue weighted by atomic mass is 10.2. The summed E-state index contributed by atoms with van der Waals surface area (Å²) in [5, 5.41) is 0.647. The molecule has 1 saturated heterocycles. The molecule has 0 aliphatic carbocycles. The van der Waals surface area contributed by atoms with E-state index in [0.717, 1.165) is 12.1 Å². The maximum Gasteiger partial charge on any atom is 0.306 e. The van der Waals surface area contributed by atoms with Crippen LogP contribution in [0.1, 0.15) is 18.4 Å². The quantitative estimate of drug-likeness (QED) is 0.401. The van der Waals surface area contributed by atoms with Crippen molar-refractivity contribution in [3.05, 3.63) is 39.8 Å². The average molecular weight is 414 g/mol. The number of quaternary nitrogens is 1. The Balaban J connectivity index is 1.83. The highest BCUT2D eigenvalue weighted by Crippen LogP contribution is 2.32. The monoisotopic (exact) mass is 413 g/mol. The number of carbonyl (C=O) groups excluding carboxylic acids is 2. The van der Waals surface area contributed by atoms with E-state index in [1.54, 1.807) is 23.1 Å². The number of nitrogens with zero attached hydrogens (tertiary/aromatic N) is 1. The van der Waals surface area contributed by atoms with Crippen LogP contribution in [0, 0.1) is 0 Å². The number of esters is 1. The highest BCUT2D eigenvalue weighted by atomic mass is 35.5. The zero-order chi connectivity index (χ0) is 19.1. The number of carbonyl (C=O) groups is 2. The number of ether oxygens (including phenoxy) is 1. The third-order valence-electron chi connectivity index (χ3n) is 3.67. The highest BCUT2D eigenvalue weighted by molar-refractivity contribution is 8.26. The Hall–Kier alpha value is -1.41. The van der Waals surface area contributed by atoms with Gasteiger partial charge in [-0.1, -0.05) is 47.7 Å². The first-order valence-corrected chi connectivity index (χ1v) is 9.92. The van der Waals surface area contributed by atoms with E-state index in [0.29, 0.717) is 33.8 Å². The first-order valence-electron chi connectivity index (χ1n) is 8.32. The molecule has 0 radical (unpaired) electrons. The van der Waals surface area contributed by atoms with Gasteiger partial charge in [0.25, 0.3) is 5.91 Å². The number of thioether (sulfide) groups is 1. The lowest BCUT2D eigenvalue weighted by Gasteiger charge is -2.14. The molecule has 1 aliphatic rings. The Morgan fingerprint density at radius 1 is 1.35 bits per heavy atom. The molecule has 140 valence electrons. The molecule has 1 aromatic rings. The molecule has 8 heteroatoms. The fourth-order valence-electron chi connectivity index (χ4n) is 2.23. The second-order valence-corrected chi connectivity index (χ2v) is 8.28. The van der Waals surface area contributed by atoms with Crippen LogP contribution in [0.2, 0.25) is 5.02 Å². The normalized spacial score (nSPS) is 16.0. The Morgan fingerprint density at radius 3 is 2.69 bits per heavy atom. The molecular formula is C18H22ClN2O3S2+. The molecule has 1 N–H and O–H groups in total. The van der Waals surface area contributed by atoms with E-state index in [4.69, 9.17) is 28.6 Å². The summed E-state index contributed by atoms with van der Waals surface area (Å²) >= 11 is 12.4. The SMILES string of the molecule is C[NH+](C)CCOC(=O)CCCN1C(=O)C(=Cc2ccc(Cl)cc2)SC1=S. The lowest BCUT2D eigenvalue weighted by molar-refractivity contribution is -0.858. The minimum atomic E-state index is -0.242. The van der Waals surface area contributed by atoms with Crippen LogP contribution >= 0.6 is 35.6 Å². The molecule has 1 aliphatic heterocycles. The topological polar surface area (TPSA) is 51.1 Å². The molecule has 0 spiro atoms. The second-order valence-electron chi connectivity index (χ2n) is 6.17. The molecule has 1 heterocycles. The smallest absolute Gasteiger partial charge is 0.306 e. The number of hydrogen-bond acceptors (Lipinski definition) is 5. The van der Waals surface area contributed by atoms with E-state index in [1.807, 2.05) is 26.2 Å². The van der Waals surface area contributed by atoms with Crippen LogP contribution in [-0.4, -0.2) is 54.9 Å². The third kappa shape index (κ3) is 6.39. The van der Waals surface area contributed by atoms with E-state index in [1.165, 1.54) is 16.7 Å². The minimum absolute atomic E-state index is 0.125. The average Bonchev–Trinajstić information content (AvgIpc) is 2.84. The summed E-state index contributed by atoms with van der Waals surface area (Å²) in [6.07, 6.45) is 2.60. The maximum absolute atomic E-state index is 12.5. The summed E-state index contributed by atoms with van der Waals surface area (Å²) in [5.74, 6) is -0.368. The van der Waals surface area contributed by atoms with Crippen molar-refractivity contribution in [2.45, 2.75) is 12.8 Å². The van der Waals surface area contributed by atoms with Gasteiger partial charge in [0.2, 0.25) is 0 Å². The number of halogens is 1. The second kappa shape index (κ2) is 10.1. The lowest BCUT2D eigenvalue weighted by Crippen LogP contribution is -3.06. The number of likely N-dealkylation sites (N-methyl/N-ethyl adjacent to an activating group) is 1. The molecule has 0 atom stereocenters. The van der Waals surface area contributed by atoms with Crippen LogP contribution in [0.5, 0.6) is 0 Å². The summed E-state index contributed by atoms with van der Waals surface area (Å²) in [7, 11) is 4.00. The standard InChI is InChI=1S/C18H21ClN2O3S2/c1-20(2)10-11-24-16(22)4-3-9-21-17(23)15(26-18(21)25)12-13-5-7-14(19)8-6-13/h5-8,12H,3-4,9-11H2,1-2H3/p+1. The molecule has 0 saturated carbocycles. The molecule has 1 aromatic carbocycles. The van der Waals surface area contributed by atoms with Gasteiger partial charge in [0.05, 0.1) is 19.0 Å². The van der Waals surface area contributed by atoms with Gasteiger partial charge in [0, 0.05) is 18.0 Å². The minimum Gasteiger partial charge on any atom is -0.460 e. The van der Waals surface area contributed by atoms with E-state index in [-0.39, 0.29) is 18.3 Å². The van der Waals surface area contributed by atoms with E-state index in [2.05, 4.69) is 0 Å². The van der Waals surface area contributed by atoms with E-state index < -0.39 is 0 Å². The summed E-state index contributed by atoms with van der Waals surface area (Å²) in [4.78, 5) is 27.6. The van der Waals surface area contributed by atoms with E-state index >= 15 is 0 Å². The van der Waals surface area contributed by atoms with Gasteiger partial charge in [-0.2, -0.15) is 0 Å². The first-order chi connectivity index (χ1) is 12.4. The van der Waals surface area contributed by atoms with Crippen LogP contribution in [0.3, 0.4) is 0 Å². The predicted molar refractivity (Wildman–Crippen MR) is 109 cm³/mol. The van der Waals surface area contributed by atoms with Gasteiger partial charge < -0.3 is 9.64 Å². The van der Waals surface area contributed by atoms with Crippen molar-refractivity contribution in [2.24, 2.45) is 0 Å². The number of thiocarbonyl (C=S) groups is 1. The predicted octanol–water partition coefficient (Wildman–Crippen LogP) is 2.01. The number of benzene rings is 1. The fourth-order valence-corrected chi connectivity index (χ4v) is 3.66. The van der Waals surface area contributed by atoms with Crippen molar-refractivity contribution in [2.75, 3.05) is 33.8 Å². The van der Waals surface area contributed by atoms with Gasteiger partial charge in [-0.25, -0.2) is 0 Å². The van der Waals surface area contributed by atoms with Gasteiger partial charge in [-0.3, -0.25) is 14.5 Å². The number of nitrogens with one attached hydrogen (secondary N) is 1. The van der Waals surface area contributed by atoms with Gasteiger partial charge in [-0.15, -0.1) is 0 Å².